The number of nitrogens with zero attached hydrogens (tertiary/aromatic N) is 1. The normalized spacial score (nSPS) is 18.4. The van der Waals surface area contributed by atoms with Gasteiger partial charge in [0.05, 0.1) is 11.3 Å². The van der Waals surface area contributed by atoms with E-state index >= 15 is 0 Å². The highest BCUT2D eigenvalue weighted by atomic mass is 32.2. The summed E-state index contributed by atoms with van der Waals surface area (Å²) in [4.78, 5) is 14.3. The molecule has 1 aromatic rings. The summed E-state index contributed by atoms with van der Waals surface area (Å²) in [5.41, 5.74) is 8.25. The van der Waals surface area contributed by atoms with Gasteiger partial charge in [-0.25, -0.2) is 0 Å². The molecule has 0 radical (unpaired) electrons. The van der Waals surface area contributed by atoms with E-state index < -0.39 is 0 Å². The van der Waals surface area contributed by atoms with Gasteiger partial charge < -0.3 is 16.0 Å². The van der Waals surface area contributed by atoms with Crippen molar-refractivity contribution in [2.24, 2.45) is 0 Å². The fourth-order valence-electron chi connectivity index (χ4n) is 2.40. The molecule has 0 bridgehead atoms. The van der Waals surface area contributed by atoms with Crippen molar-refractivity contribution in [2.45, 2.75) is 25.0 Å². The van der Waals surface area contributed by atoms with E-state index in [2.05, 4.69) is 24.1 Å². The standard InChI is InChI=1S/C15H23N3OS/c1-15(2)6-7-18(8-9-20-15)13-10-11(16)4-5-12(13)14(19)17-3/h4-5,10H,6-9,16H2,1-3H3,(H,17,19). The van der Waals surface area contributed by atoms with Gasteiger partial charge in [-0.2, -0.15) is 11.8 Å². The van der Waals surface area contributed by atoms with Crippen LogP contribution in [0.15, 0.2) is 18.2 Å². The van der Waals surface area contributed by atoms with Crippen molar-refractivity contribution in [1.82, 2.24) is 5.32 Å². The molecule has 0 atom stereocenters. The Morgan fingerprint density at radius 1 is 1.40 bits per heavy atom. The van der Waals surface area contributed by atoms with Gasteiger partial charge in [-0.15, -0.1) is 0 Å². The van der Waals surface area contributed by atoms with Gasteiger partial charge in [0.15, 0.2) is 0 Å². The highest BCUT2D eigenvalue weighted by Crippen LogP contribution is 2.33. The lowest BCUT2D eigenvalue weighted by molar-refractivity contribution is 0.0963. The van der Waals surface area contributed by atoms with Crippen LogP contribution in [0.25, 0.3) is 0 Å². The number of nitrogens with two attached hydrogens (primary N) is 1. The van der Waals surface area contributed by atoms with Gasteiger partial charge >= 0.3 is 0 Å². The van der Waals surface area contributed by atoms with Gasteiger partial charge in [0, 0.05) is 36.3 Å². The number of benzene rings is 1. The highest BCUT2D eigenvalue weighted by Gasteiger charge is 2.25. The lowest BCUT2D eigenvalue weighted by atomic mass is 10.1. The molecular formula is C15H23N3OS. The number of hydrogen-bond donors (Lipinski definition) is 2. The molecule has 1 aliphatic rings. The molecule has 1 saturated heterocycles. The van der Waals surface area contributed by atoms with E-state index in [1.54, 1.807) is 13.1 Å². The molecule has 1 aromatic carbocycles. The van der Waals surface area contributed by atoms with E-state index in [1.165, 1.54) is 0 Å². The number of carbonyl (C=O) groups is 1. The lowest BCUT2D eigenvalue weighted by Crippen LogP contribution is -2.30. The predicted molar refractivity (Wildman–Crippen MR) is 87.6 cm³/mol. The van der Waals surface area contributed by atoms with Gasteiger partial charge in [-0.1, -0.05) is 13.8 Å². The molecule has 5 heteroatoms. The number of carbonyl (C=O) groups excluding carboxylic acids is 1. The number of hydrogen-bond acceptors (Lipinski definition) is 4. The van der Waals surface area contributed by atoms with Crippen molar-refractivity contribution in [3.05, 3.63) is 23.8 Å². The molecular weight excluding hydrogens is 270 g/mol. The van der Waals surface area contributed by atoms with Crippen molar-refractivity contribution in [3.63, 3.8) is 0 Å². The molecule has 1 aliphatic heterocycles. The summed E-state index contributed by atoms with van der Waals surface area (Å²) in [6.07, 6.45) is 1.10. The topological polar surface area (TPSA) is 58.4 Å². The Morgan fingerprint density at radius 3 is 2.85 bits per heavy atom. The first-order valence-electron chi connectivity index (χ1n) is 6.93. The molecule has 0 spiro atoms. The SMILES string of the molecule is CNC(=O)c1ccc(N)cc1N1CCSC(C)(C)CC1. The Bertz CT molecular complexity index is 502. The van der Waals surface area contributed by atoms with Crippen LogP contribution in [0.4, 0.5) is 11.4 Å². The summed E-state index contributed by atoms with van der Waals surface area (Å²) in [5.74, 6) is 1.01. The fourth-order valence-corrected chi connectivity index (χ4v) is 3.50. The van der Waals surface area contributed by atoms with Crippen LogP contribution < -0.4 is 16.0 Å². The van der Waals surface area contributed by atoms with Crippen LogP contribution in [-0.2, 0) is 0 Å². The van der Waals surface area contributed by atoms with E-state index in [-0.39, 0.29) is 5.91 Å². The van der Waals surface area contributed by atoms with Crippen molar-refractivity contribution in [3.8, 4) is 0 Å². The lowest BCUT2D eigenvalue weighted by Gasteiger charge is -2.26. The molecule has 1 amide bonds. The van der Waals surface area contributed by atoms with Crippen LogP contribution in [0, 0.1) is 0 Å². The number of anilines is 2. The summed E-state index contributed by atoms with van der Waals surface area (Å²) in [5, 5.41) is 2.70. The van der Waals surface area contributed by atoms with Crippen LogP contribution in [0.5, 0.6) is 0 Å². The van der Waals surface area contributed by atoms with Crippen LogP contribution >= 0.6 is 11.8 Å². The minimum atomic E-state index is -0.0591. The Morgan fingerprint density at radius 2 is 2.15 bits per heavy atom. The maximum absolute atomic E-state index is 12.0. The van der Waals surface area contributed by atoms with Crippen LogP contribution in [-0.4, -0.2) is 36.5 Å². The van der Waals surface area contributed by atoms with E-state index in [1.807, 2.05) is 23.9 Å². The maximum atomic E-state index is 12.0. The van der Waals surface area contributed by atoms with Crippen molar-refractivity contribution < 1.29 is 4.79 Å². The monoisotopic (exact) mass is 293 g/mol. The van der Waals surface area contributed by atoms with E-state index in [0.29, 0.717) is 16.0 Å². The van der Waals surface area contributed by atoms with Gasteiger partial charge in [-0.05, 0) is 24.6 Å². The molecule has 0 aliphatic carbocycles. The third-order valence-electron chi connectivity index (χ3n) is 3.67. The highest BCUT2D eigenvalue weighted by molar-refractivity contribution is 8.00. The van der Waals surface area contributed by atoms with Crippen molar-refractivity contribution in [1.29, 1.82) is 0 Å². The second-order valence-electron chi connectivity index (χ2n) is 5.70. The zero-order valence-electron chi connectivity index (χ0n) is 12.4. The third kappa shape index (κ3) is 3.39. The molecule has 110 valence electrons. The van der Waals surface area contributed by atoms with Gasteiger partial charge in [-0.3, -0.25) is 4.79 Å². The second-order valence-corrected chi connectivity index (χ2v) is 7.50. The number of amides is 1. The Balaban J connectivity index is 2.31. The summed E-state index contributed by atoms with van der Waals surface area (Å²) in [6.45, 7) is 6.45. The zero-order chi connectivity index (χ0) is 14.8. The molecule has 20 heavy (non-hydrogen) atoms. The largest absolute Gasteiger partial charge is 0.399 e. The predicted octanol–water partition coefficient (Wildman–Crippen LogP) is 2.35. The number of nitrogen functional groups attached to an aromatic ring is 1. The zero-order valence-corrected chi connectivity index (χ0v) is 13.2. The molecule has 0 aromatic heterocycles. The minimum Gasteiger partial charge on any atom is -0.399 e. The van der Waals surface area contributed by atoms with Crippen molar-refractivity contribution in [2.75, 3.05) is 36.5 Å². The Hall–Kier alpha value is -1.36. The molecule has 0 saturated carbocycles. The van der Waals surface area contributed by atoms with Crippen LogP contribution in [0.2, 0.25) is 0 Å². The van der Waals surface area contributed by atoms with Gasteiger partial charge in [0.25, 0.3) is 5.91 Å². The molecule has 2 rings (SSSR count). The number of thioether (sulfide) groups is 1. The van der Waals surface area contributed by atoms with E-state index in [4.69, 9.17) is 5.73 Å². The quantitative estimate of drug-likeness (QED) is 0.822. The van der Waals surface area contributed by atoms with Gasteiger partial charge in [0.1, 0.15) is 0 Å². The molecule has 4 nitrogen and oxygen atoms in total. The summed E-state index contributed by atoms with van der Waals surface area (Å²) in [6, 6.07) is 5.50. The maximum Gasteiger partial charge on any atom is 0.253 e. The first-order valence-corrected chi connectivity index (χ1v) is 7.92. The number of nitrogens with one attached hydrogen (secondary N) is 1. The average molecular weight is 293 g/mol. The summed E-state index contributed by atoms with van der Waals surface area (Å²) >= 11 is 1.99. The first-order chi connectivity index (χ1) is 9.43. The first kappa shape index (κ1) is 15.0. The van der Waals surface area contributed by atoms with Gasteiger partial charge in [0.2, 0.25) is 0 Å². The van der Waals surface area contributed by atoms with Crippen molar-refractivity contribution >= 4 is 29.0 Å². The van der Waals surface area contributed by atoms with E-state index in [9.17, 15) is 4.79 Å². The molecule has 3 N–H and O–H groups in total. The fraction of sp³-hybridized carbons (Fsp3) is 0.533. The minimum absolute atomic E-state index is 0.0591. The third-order valence-corrected chi connectivity index (χ3v) is 5.04. The summed E-state index contributed by atoms with van der Waals surface area (Å²) < 4.78 is 0.294. The summed E-state index contributed by atoms with van der Waals surface area (Å²) in [7, 11) is 1.66. The molecule has 1 fully saturated rings. The average Bonchev–Trinajstić information content (AvgIpc) is 2.58. The van der Waals surface area contributed by atoms with Crippen LogP contribution in [0.1, 0.15) is 30.6 Å². The molecule has 1 heterocycles. The Labute approximate surface area is 125 Å². The Kier molecular flexibility index (Phi) is 4.48. The smallest absolute Gasteiger partial charge is 0.253 e. The van der Waals surface area contributed by atoms with E-state index in [0.717, 1.165) is 31.0 Å². The van der Waals surface area contributed by atoms with Crippen LogP contribution in [0.3, 0.4) is 0 Å². The molecule has 0 unspecified atom stereocenters. The second kappa shape index (κ2) is 5.95. The number of rotatable bonds is 2.